The molecule has 1 aromatic carbocycles. The van der Waals surface area contributed by atoms with Crippen molar-refractivity contribution in [3.63, 3.8) is 0 Å². The summed E-state index contributed by atoms with van der Waals surface area (Å²) in [5.41, 5.74) is 0.169. The first kappa shape index (κ1) is 12.6. The van der Waals surface area contributed by atoms with Gasteiger partial charge >= 0.3 is 0 Å². The van der Waals surface area contributed by atoms with Crippen LogP contribution in [0.4, 0.5) is 5.69 Å². The maximum atomic E-state index is 11.9. The summed E-state index contributed by atoms with van der Waals surface area (Å²) in [5, 5.41) is 8.49. The van der Waals surface area contributed by atoms with Crippen molar-refractivity contribution in [1.82, 2.24) is 4.90 Å². The van der Waals surface area contributed by atoms with Crippen LogP contribution in [0.15, 0.2) is 29.3 Å². The average Bonchev–Trinajstić information content (AvgIpc) is 2.56. The fraction of sp³-hybridized carbons (Fsp3) is 0.250. The number of phenolic OH excluding ortho intramolecular Hbond substituents is 1. The number of hydrogen-bond donors (Lipinski definition) is 1. The van der Waals surface area contributed by atoms with E-state index in [1.807, 2.05) is 0 Å². The molecule has 1 fully saturated rings. The van der Waals surface area contributed by atoms with Gasteiger partial charge in [0, 0.05) is 6.54 Å². The number of benzene rings is 1. The highest BCUT2D eigenvalue weighted by Crippen LogP contribution is 2.27. The molecule has 0 aromatic heterocycles. The standard InChI is InChI=1S/C12H11ClN2O3/c1-2-15-11(17)9(13)10(12(15)18)14-7-5-3-4-6-8(7)16/h3-6,9,16H,2H2,1H3. The van der Waals surface area contributed by atoms with Gasteiger partial charge in [-0.15, -0.1) is 11.6 Å². The zero-order chi connectivity index (χ0) is 13.3. The molecule has 18 heavy (non-hydrogen) atoms. The van der Waals surface area contributed by atoms with Crippen LogP contribution in [-0.4, -0.2) is 39.5 Å². The Balaban J connectivity index is 2.43. The van der Waals surface area contributed by atoms with Crippen molar-refractivity contribution >= 4 is 34.8 Å². The molecule has 6 heteroatoms. The molecular weight excluding hydrogens is 256 g/mol. The highest BCUT2D eigenvalue weighted by molar-refractivity contribution is 6.63. The molecule has 5 nitrogen and oxygen atoms in total. The second kappa shape index (κ2) is 4.78. The number of rotatable bonds is 2. The van der Waals surface area contributed by atoms with Gasteiger partial charge in [-0.05, 0) is 19.1 Å². The highest BCUT2D eigenvalue weighted by Gasteiger charge is 2.43. The second-order valence-electron chi connectivity index (χ2n) is 3.74. The summed E-state index contributed by atoms with van der Waals surface area (Å²) in [6, 6.07) is 6.29. The van der Waals surface area contributed by atoms with E-state index in [2.05, 4.69) is 4.99 Å². The molecule has 1 heterocycles. The lowest BCUT2D eigenvalue weighted by Gasteiger charge is -2.08. The van der Waals surface area contributed by atoms with Gasteiger partial charge in [0.1, 0.15) is 17.1 Å². The minimum absolute atomic E-state index is 0.0509. The summed E-state index contributed by atoms with van der Waals surface area (Å²) in [6.45, 7) is 1.93. The number of phenols is 1. The third-order valence-corrected chi connectivity index (χ3v) is 3.02. The van der Waals surface area contributed by atoms with E-state index in [1.165, 1.54) is 12.1 Å². The summed E-state index contributed by atoms with van der Waals surface area (Å²) >= 11 is 5.87. The summed E-state index contributed by atoms with van der Waals surface area (Å²) in [4.78, 5) is 28.6. The van der Waals surface area contributed by atoms with Gasteiger partial charge in [0.15, 0.2) is 5.38 Å². The second-order valence-corrected chi connectivity index (χ2v) is 4.17. The minimum atomic E-state index is -1.09. The lowest BCUT2D eigenvalue weighted by molar-refractivity contribution is -0.136. The van der Waals surface area contributed by atoms with Crippen LogP contribution in [0.1, 0.15) is 6.92 Å². The Morgan fingerprint density at radius 1 is 1.39 bits per heavy atom. The van der Waals surface area contributed by atoms with Gasteiger partial charge in [-0.1, -0.05) is 12.1 Å². The number of carbonyl (C=O) groups is 2. The maximum absolute atomic E-state index is 11.9. The number of para-hydroxylation sites is 2. The molecule has 0 aliphatic carbocycles. The highest BCUT2D eigenvalue weighted by atomic mass is 35.5. The number of carbonyl (C=O) groups excluding carboxylic acids is 2. The van der Waals surface area contributed by atoms with Crippen LogP contribution in [-0.2, 0) is 9.59 Å². The molecule has 2 rings (SSSR count). The molecule has 1 aliphatic heterocycles. The first-order valence-electron chi connectivity index (χ1n) is 5.42. The SMILES string of the molecule is CCN1C(=O)C(=Nc2ccccc2O)C(Cl)C1=O. The number of hydrogen-bond acceptors (Lipinski definition) is 4. The van der Waals surface area contributed by atoms with E-state index < -0.39 is 17.2 Å². The van der Waals surface area contributed by atoms with E-state index in [-0.39, 0.29) is 23.7 Å². The van der Waals surface area contributed by atoms with Crippen molar-refractivity contribution in [2.45, 2.75) is 12.3 Å². The quantitative estimate of drug-likeness (QED) is 0.651. The van der Waals surface area contributed by atoms with Crippen molar-refractivity contribution < 1.29 is 14.7 Å². The molecule has 1 saturated heterocycles. The van der Waals surface area contributed by atoms with E-state index >= 15 is 0 Å². The van der Waals surface area contributed by atoms with E-state index in [9.17, 15) is 14.7 Å². The molecule has 1 aromatic rings. The molecule has 1 atom stereocenters. The summed E-state index contributed by atoms with van der Waals surface area (Å²) in [6.07, 6.45) is 0. The van der Waals surface area contributed by atoms with Crippen LogP contribution < -0.4 is 0 Å². The smallest absolute Gasteiger partial charge is 0.277 e. The maximum Gasteiger partial charge on any atom is 0.277 e. The fourth-order valence-corrected chi connectivity index (χ4v) is 1.95. The Hall–Kier alpha value is -1.88. The van der Waals surface area contributed by atoms with Gasteiger partial charge in [0.2, 0.25) is 0 Å². The molecule has 0 bridgehead atoms. The van der Waals surface area contributed by atoms with E-state index in [1.54, 1.807) is 19.1 Å². The van der Waals surface area contributed by atoms with Gasteiger partial charge < -0.3 is 5.11 Å². The Bertz CT molecular complexity index is 542. The summed E-state index contributed by atoms with van der Waals surface area (Å²) < 4.78 is 0. The number of halogens is 1. The van der Waals surface area contributed by atoms with Gasteiger partial charge in [-0.3, -0.25) is 14.5 Å². The van der Waals surface area contributed by atoms with Crippen LogP contribution in [0.2, 0.25) is 0 Å². The molecule has 0 radical (unpaired) electrons. The first-order valence-corrected chi connectivity index (χ1v) is 5.86. The van der Waals surface area contributed by atoms with Crippen LogP contribution in [0, 0.1) is 0 Å². The van der Waals surface area contributed by atoms with Crippen LogP contribution >= 0.6 is 11.6 Å². The lowest BCUT2D eigenvalue weighted by atomic mass is 10.2. The Morgan fingerprint density at radius 3 is 2.61 bits per heavy atom. The molecular formula is C12H11ClN2O3. The van der Waals surface area contributed by atoms with Gasteiger partial charge in [-0.25, -0.2) is 4.99 Å². The summed E-state index contributed by atoms with van der Waals surface area (Å²) in [5.74, 6) is -1.05. The van der Waals surface area contributed by atoms with Crippen molar-refractivity contribution in [2.75, 3.05) is 6.54 Å². The zero-order valence-electron chi connectivity index (χ0n) is 9.63. The molecule has 0 saturated carbocycles. The van der Waals surface area contributed by atoms with Crippen molar-refractivity contribution in [3.8, 4) is 5.75 Å². The number of likely N-dealkylation sites (tertiary alicyclic amines) is 1. The van der Waals surface area contributed by atoms with Crippen LogP contribution in [0.3, 0.4) is 0 Å². The number of alkyl halides is 1. The Morgan fingerprint density at radius 2 is 2.06 bits per heavy atom. The van der Waals surface area contributed by atoms with E-state index in [0.29, 0.717) is 0 Å². The monoisotopic (exact) mass is 266 g/mol. The van der Waals surface area contributed by atoms with Crippen LogP contribution in [0.25, 0.3) is 0 Å². The van der Waals surface area contributed by atoms with E-state index in [0.717, 1.165) is 4.90 Å². The first-order chi connectivity index (χ1) is 8.56. The van der Waals surface area contributed by atoms with Gasteiger partial charge in [0.05, 0.1) is 0 Å². The largest absolute Gasteiger partial charge is 0.506 e. The Labute approximate surface area is 109 Å². The predicted molar refractivity (Wildman–Crippen MR) is 67.2 cm³/mol. The molecule has 2 amide bonds. The number of aromatic hydroxyl groups is 1. The lowest BCUT2D eigenvalue weighted by Crippen LogP contribution is -2.30. The zero-order valence-corrected chi connectivity index (χ0v) is 10.4. The third-order valence-electron chi connectivity index (χ3n) is 2.63. The Kier molecular flexibility index (Phi) is 3.34. The van der Waals surface area contributed by atoms with Gasteiger partial charge in [-0.2, -0.15) is 0 Å². The molecule has 1 aliphatic rings. The van der Waals surface area contributed by atoms with Crippen molar-refractivity contribution in [1.29, 1.82) is 0 Å². The predicted octanol–water partition coefficient (Wildman–Crippen LogP) is 1.46. The van der Waals surface area contributed by atoms with Crippen molar-refractivity contribution in [2.24, 2.45) is 4.99 Å². The molecule has 1 unspecified atom stereocenters. The summed E-state index contributed by atoms with van der Waals surface area (Å²) in [7, 11) is 0. The molecule has 0 spiro atoms. The van der Waals surface area contributed by atoms with E-state index in [4.69, 9.17) is 11.6 Å². The molecule has 94 valence electrons. The average molecular weight is 267 g/mol. The molecule has 1 N–H and O–H groups in total. The fourth-order valence-electron chi connectivity index (χ4n) is 1.69. The third kappa shape index (κ3) is 1.97. The van der Waals surface area contributed by atoms with Gasteiger partial charge in [0.25, 0.3) is 11.8 Å². The van der Waals surface area contributed by atoms with Crippen molar-refractivity contribution in [3.05, 3.63) is 24.3 Å². The van der Waals surface area contributed by atoms with Crippen LogP contribution in [0.5, 0.6) is 5.75 Å². The number of amides is 2. The normalized spacial score (nSPS) is 22.0. The minimum Gasteiger partial charge on any atom is -0.506 e. The number of aliphatic imine (C=N–C) groups is 1. The number of nitrogens with zero attached hydrogens (tertiary/aromatic N) is 2. The topological polar surface area (TPSA) is 70.0 Å². The number of imide groups is 1.